The van der Waals surface area contributed by atoms with E-state index in [1.165, 1.54) is 4.90 Å². The molecule has 5 nitrogen and oxygen atoms in total. The van der Waals surface area contributed by atoms with Crippen LogP contribution in [0.25, 0.3) is 6.08 Å². The Balaban J connectivity index is 1.81. The molecule has 0 unspecified atom stereocenters. The lowest BCUT2D eigenvalue weighted by Gasteiger charge is -2.12. The largest absolute Gasteiger partial charge is 0.493 e. The first kappa shape index (κ1) is 18.8. The van der Waals surface area contributed by atoms with Crippen molar-refractivity contribution in [3.05, 3.63) is 62.1 Å². The van der Waals surface area contributed by atoms with E-state index in [4.69, 9.17) is 9.47 Å². The minimum Gasteiger partial charge on any atom is -0.493 e. The van der Waals surface area contributed by atoms with E-state index in [9.17, 15) is 9.59 Å². The normalized spacial score (nSPS) is 15.7. The number of amides is 2. The molecule has 0 N–H and O–H groups in total. The van der Waals surface area contributed by atoms with Gasteiger partial charge in [-0.05, 0) is 75.8 Å². The third-order valence-corrected chi connectivity index (χ3v) is 5.46. The number of halogens is 1. The average molecular weight is 481 g/mol. The number of imide groups is 1. The van der Waals surface area contributed by atoms with Gasteiger partial charge in [-0.2, -0.15) is 0 Å². The van der Waals surface area contributed by atoms with Crippen LogP contribution in [0, 0.1) is 3.57 Å². The van der Waals surface area contributed by atoms with Crippen LogP contribution in [0.2, 0.25) is 0 Å². The van der Waals surface area contributed by atoms with Gasteiger partial charge in [-0.1, -0.05) is 18.2 Å². The Kier molecular flexibility index (Phi) is 5.87. The number of rotatable bonds is 5. The zero-order valence-corrected chi connectivity index (χ0v) is 17.2. The summed E-state index contributed by atoms with van der Waals surface area (Å²) >= 11 is 3.16. The van der Waals surface area contributed by atoms with E-state index in [0.717, 1.165) is 26.5 Å². The molecule has 0 atom stereocenters. The number of methoxy groups -OCH3 is 2. The van der Waals surface area contributed by atoms with Gasteiger partial charge in [0, 0.05) is 3.57 Å². The highest BCUT2D eigenvalue weighted by Gasteiger charge is 2.35. The van der Waals surface area contributed by atoms with Crippen LogP contribution < -0.4 is 9.47 Å². The van der Waals surface area contributed by atoms with Crippen LogP contribution in [0.3, 0.4) is 0 Å². The summed E-state index contributed by atoms with van der Waals surface area (Å²) in [6, 6.07) is 13.1. The van der Waals surface area contributed by atoms with Crippen LogP contribution in [0.15, 0.2) is 47.4 Å². The molecule has 0 bridgehead atoms. The molecule has 1 heterocycles. The predicted octanol–water partition coefficient (Wildman–Crippen LogP) is 4.54. The molecule has 0 aliphatic carbocycles. The lowest BCUT2D eigenvalue weighted by Crippen LogP contribution is -2.27. The van der Waals surface area contributed by atoms with Crippen molar-refractivity contribution < 1.29 is 19.1 Å². The van der Waals surface area contributed by atoms with Gasteiger partial charge in [0.25, 0.3) is 11.1 Å². The van der Waals surface area contributed by atoms with Gasteiger partial charge < -0.3 is 9.47 Å². The Morgan fingerprint density at radius 3 is 2.38 bits per heavy atom. The van der Waals surface area contributed by atoms with Crippen LogP contribution in [0.5, 0.6) is 11.5 Å². The zero-order chi connectivity index (χ0) is 18.7. The summed E-state index contributed by atoms with van der Waals surface area (Å²) in [7, 11) is 3.12. The average Bonchev–Trinajstić information content (AvgIpc) is 2.90. The number of benzene rings is 2. The van der Waals surface area contributed by atoms with Crippen molar-refractivity contribution >= 4 is 51.6 Å². The first-order chi connectivity index (χ1) is 12.5. The van der Waals surface area contributed by atoms with E-state index < -0.39 is 0 Å². The molecule has 0 saturated carbocycles. The quantitative estimate of drug-likeness (QED) is 0.464. The monoisotopic (exact) mass is 481 g/mol. The van der Waals surface area contributed by atoms with Gasteiger partial charge in [-0.3, -0.25) is 14.5 Å². The molecule has 7 heteroatoms. The van der Waals surface area contributed by atoms with Crippen LogP contribution in [0.1, 0.15) is 11.1 Å². The number of carbonyl (C=O) groups is 2. The summed E-state index contributed by atoms with van der Waals surface area (Å²) in [5, 5.41) is -0.264. The summed E-state index contributed by atoms with van der Waals surface area (Å²) in [6.07, 6.45) is 1.70. The van der Waals surface area contributed by atoms with Gasteiger partial charge in [0.2, 0.25) is 0 Å². The Morgan fingerprint density at radius 1 is 1.04 bits per heavy atom. The second kappa shape index (κ2) is 8.13. The molecule has 2 aromatic rings. The summed E-state index contributed by atoms with van der Waals surface area (Å²) in [5.41, 5.74) is 1.68. The molecular formula is C19H16INO4S. The standard InChI is InChI=1S/C19H16INO4S/c1-24-15-8-5-13(9-16(15)25-2)10-17-18(22)21(19(23)26-17)11-12-3-6-14(20)7-4-12/h3-10H,11H2,1-2H3/b17-10-. The highest BCUT2D eigenvalue weighted by atomic mass is 127. The molecule has 2 amide bonds. The minimum absolute atomic E-state index is 0.264. The number of thioether (sulfide) groups is 1. The smallest absolute Gasteiger partial charge is 0.293 e. The maximum Gasteiger partial charge on any atom is 0.293 e. The van der Waals surface area contributed by atoms with Crippen molar-refractivity contribution in [3.8, 4) is 11.5 Å². The SMILES string of the molecule is COc1ccc(/C=C2\SC(=O)N(Cc3ccc(I)cc3)C2=O)cc1OC. The number of nitrogens with zero attached hydrogens (tertiary/aromatic N) is 1. The number of hydrogen-bond acceptors (Lipinski definition) is 5. The summed E-state index contributed by atoms with van der Waals surface area (Å²) in [4.78, 5) is 26.5. The predicted molar refractivity (Wildman–Crippen MR) is 110 cm³/mol. The van der Waals surface area contributed by atoms with Gasteiger partial charge in [0.15, 0.2) is 11.5 Å². The molecule has 2 aromatic carbocycles. The van der Waals surface area contributed by atoms with E-state index in [2.05, 4.69) is 22.6 Å². The number of carbonyl (C=O) groups excluding carboxylic acids is 2. The van der Waals surface area contributed by atoms with E-state index in [0.29, 0.717) is 16.4 Å². The molecule has 1 fully saturated rings. The van der Waals surface area contributed by atoms with Crippen molar-refractivity contribution in [2.45, 2.75) is 6.54 Å². The fourth-order valence-electron chi connectivity index (χ4n) is 2.50. The summed E-state index contributed by atoms with van der Waals surface area (Å²) in [5.74, 6) is 0.893. The minimum atomic E-state index is -0.284. The fraction of sp³-hybridized carbons (Fsp3) is 0.158. The second-order valence-corrected chi connectivity index (χ2v) is 7.75. The third-order valence-electron chi connectivity index (χ3n) is 3.83. The number of hydrogen-bond donors (Lipinski definition) is 0. The molecule has 134 valence electrons. The maximum absolute atomic E-state index is 12.6. The molecular weight excluding hydrogens is 465 g/mol. The van der Waals surface area contributed by atoms with Gasteiger partial charge in [-0.15, -0.1) is 0 Å². The first-order valence-corrected chi connectivity index (χ1v) is 9.63. The Morgan fingerprint density at radius 2 is 1.73 bits per heavy atom. The molecule has 0 aromatic heterocycles. The maximum atomic E-state index is 12.6. The van der Waals surface area contributed by atoms with Gasteiger partial charge in [0.05, 0.1) is 25.7 Å². The Hall–Kier alpha value is -2.00. The highest BCUT2D eigenvalue weighted by molar-refractivity contribution is 14.1. The molecule has 1 saturated heterocycles. The summed E-state index contributed by atoms with van der Waals surface area (Å²) in [6.45, 7) is 0.269. The molecule has 0 spiro atoms. The van der Waals surface area contributed by atoms with Crippen molar-refractivity contribution in [2.75, 3.05) is 14.2 Å². The van der Waals surface area contributed by atoms with Gasteiger partial charge in [0.1, 0.15) is 0 Å². The number of ether oxygens (including phenoxy) is 2. The first-order valence-electron chi connectivity index (χ1n) is 7.73. The topological polar surface area (TPSA) is 55.8 Å². The van der Waals surface area contributed by atoms with E-state index in [-0.39, 0.29) is 17.7 Å². The van der Waals surface area contributed by atoms with Crippen LogP contribution in [0.4, 0.5) is 4.79 Å². The Labute approximate surface area is 169 Å². The van der Waals surface area contributed by atoms with Gasteiger partial charge in [-0.25, -0.2) is 0 Å². The van der Waals surface area contributed by atoms with Crippen molar-refractivity contribution in [3.63, 3.8) is 0 Å². The van der Waals surface area contributed by atoms with E-state index in [1.54, 1.807) is 32.4 Å². The van der Waals surface area contributed by atoms with Crippen molar-refractivity contribution in [1.82, 2.24) is 4.90 Å². The molecule has 0 radical (unpaired) electrons. The van der Waals surface area contributed by atoms with Crippen LogP contribution >= 0.6 is 34.4 Å². The second-order valence-electron chi connectivity index (χ2n) is 5.51. The third kappa shape index (κ3) is 4.04. The van der Waals surface area contributed by atoms with E-state index in [1.807, 2.05) is 30.3 Å². The van der Waals surface area contributed by atoms with Crippen molar-refractivity contribution in [1.29, 1.82) is 0 Å². The summed E-state index contributed by atoms with van der Waals surface area (Å²) < 4.78 is 11.6. The Bertz CT molecular complexity index is 880. The van der Waals surface area contributed by atoms with Crippen LogP contribution in [-0.4, -0.2) is 30.3 Å². The lowest BCUT2D eigenvalue weighted by molar-refractivity contribution is -0.123. The highest BCUT2D eigenvalue weighted by Crippen LogP contribution is 2.35. The fourth-order valence-corrected chi connectivity index (χ4v) is 3.70. The van der Waals surface area contributed by atoms with Gasteiger partial charge >= 0.3 is 0 Å². The molecule has 3 rings (SSSR count). The van der Waals surface area contributed by atoms with E-state index >= 15 is 0 Å². The van der Waals surface area contributed by atoms with Crippen LogP contribution in [-0.2, 0) is 11.3 Å². The molecule has 26 heavy (non-hydrogen) atoms. The molecule has 1 aliphatic rings. The molecule has 1 aliphatic heterocycles. The lowest BCUT2D eigenvalue weighted by atomic mass is 10.1. The zero-order valence-electron chi connectivity index (χ0n) is 14.2. The van der Waals surface area contributed by atoms with Crippen molar-refractivity contribution in [2.24, 2.45) is 0 Å².